The standard InChI is InChI=1S/C16H26N2O2/c1-13(17-9-2-12-19)14-3-5-15(6-4-14)18-10-7-16(20)8-11-18/h3-6,13,16-17,19-20H,2,7-12H2,1H3. The third kappa shape index (κ3) is 4.20. The van der Waals surface area contributed by atoms with Gasteiger partial charge in [-0.1, -0.05) is 12.1 Å². The first-order valence-corrected chi connectivity index (χ1v) is 7.58. The zero-order valence-electron chi connectivity index (χ0n) is 12.3. The van der Waals surface area contributed by atoms with Crippen LogP contribution in [-0.2, 0) is 0 Å². The van der Waals surface area contributed by atoms with Crippen LogP contribution in [0, 0.1) is 0 Å². The van der Waals surface area contributed by atoms with Crippen LogP contribution in [0.25, 0.3) is 0 Å². The summed E-state index contributed by atoms with van der Waals surface area (Å²) in [4.78, 5) is 2.33. The van der Waals surface area contributed by atoms with Crippen molar-refractivity contribution in [3.05, 3.63) is 29.8 Å². The van der Waals surface area contributed by atoms with Crippen molar-refractivity contribution in [2.45, 2.75) is 38.3 Å². The molecule has 2 rings (SSSR count). The monoisotopic (exact) mass is 278 g/mol. The second-order valence-electron chi connectivity index (χ2n) is 5.56. The largest absolute Gasteiger partial charge is 0.396 e. The molecule has 112 valence electrons. The molecule has 3 N–H and O–H groups in total. The van der Waals surface area contributed by atoms with Crippen molar-refractivity contribution in [2.24, 2.45) is 0 Å². The lowest BCUT2D eigenvalue weighted by atomic mass is 10.0. The number of anilines is 1. The van der Waals surface area contributed by atoms with Gasteiger partial charge in [0.15, 0.2) is 0 Å². The Bertz CT molecular complexity index is 386. The zero-order valence-corrected chi connectivity index (χ0v) is 12.3. The zero-order chi connectivity index (χ0) is 14.4. The highest BCUT2D eigenvalue weighted by Gasteiger charge is 2.17. The number of hydrogen-bond donors (Lipinski definition) is 3. The van der Waals surface area contributed by atoms with Crippen molar-refractivity contribution in [1.29, 1.82) is 0 Å². The van der Waals surface area contributed by atoms with Crippen LogP contribution in [0.4, 0.5) is 5.69 Å². The predicted molar refractivity (Wildman–Crippen MR) is 82.0 cm³/mol. The molecule has 1 aliphatic heterocycles. The molecule has 1 aromatic carbocycles. The molecule has 1 atom stereocenters. The summed E-state index contributed by atoms with van der Waals surface area (Å²) in [5.41, 5.74) is 2.51. The average molecular weight is 278 g/mol. The van der Waals surface area contributed by atoms with Gasteiger partial charge in [0, 0.05) is 31.4 Å². The lowest BCUT2D eigenvalue weighted by Crippen LogP contribution is -2.35. The van der Waals surface area contributed by atoms with E-state index < -0.39 is 0 Å². The molecule has 1 saturated heterocycles. The first kappa shape index (κ1) is 15.3. The number of nitrogens with zero attached hydrogens (tertiary/aromatic N) is 1. The Morgan fingerprint density at radius 3 is 2.50 bits per heavy atom. The van der Waals surface area contributed by atoms with E-state index in [0.29, 0.717) is 6.04 Å². The van der Waals surface area contributed by atoms with Gasteiger partial charge >= 0.3 is 0 Å². The molecule has 0 bridgehead atoms. The Kier molecular flexibility index (Phi) is 5.83. The number of nitrogens with one attached hydrogen (secondary N) is 1. The van der Waals surface area contributed by atoms with Crippen LogP contribution in [0.1, 0.15) is 37.8 Å². The number of hydrogen-bond acceptors (Lipinski definition) is 4. The predicted octanol–water partition coefficient (Wildman–Crippen LogP) is 1.68. The van der Waals surface area contributed by atoms with Crippen LogP contribution in [-0.4, -0.2) is 42.6 Å². The summed E-state index contributed by atoms with van der Waals surface area (Å²) < 4.78 is 0. The lowest BCUT2D eigenvalue weighted by molar-refractivity contribution is 0.145. The molecule has 1 heterocycles. The SMILES string of the molecule is CC(NCCCO)c1ccc(N2CCC(O)CC2)cc1. The number of aliphatic hydroxyl groups excluding tert-OH is 2. The lowest BCUT2D eigenvalue weighted by Gasteiger charge is -2.31. The quantitative estimate of drug-likeness (QED) is 0.693. The van der Waals surface area contributed by atoms with Crippen LogP contribution in [0.2, 0.25) is 0 Å². The van der Waals surface area contributed by atoms with Gasteiger partial charge in [0.1, 0.15) is 0 Å². The van der Waals surface area contributed by atoms with Crippen molar-refractivity contribution in [1.82, 2.24) is 5.32 Å². The topological polar surface area (TPSA) is 55.7 Å². The summed E-state index contributed by atoms with van der Waals surface area (Å²) in [6.07, 6.45) is 2.39. The smallest absolute Gasteiger partial charge is 0.0574 e. The second kappa shape index (κ2) is 7.62. The van der Waals surface area contributed by atoms with E-state index >= 15 is 0 Å². The third-order valence-electron chi connectivity index (χ3n) is 4.01. The highest BCUT2D eigenvalue weighted by atomic mass is 16.3. The molecule has 1 aromatic rings. The van der Waals surface area contributed by atoms with Crippen molar-refractivity contribution in [3.8, 4) is 0 Å². The van der Waals surface area contributed by atoms with Crippen LogP contribution in [0.3, 0.4) is 0 Å². The molecule has 1 unspecified atom stereocenters. The van der Waals surface area contributed by atoms with E-state index in [1.165, 1.54) is 11.3 Å². The Labute approximate surface area is 121 Å². The average Bonchev–Trinajstić information content (AvgIpc) is 2.48. The van der Waals surface area contributed by atoms with Gasteiger partial charge in [-0.15, -0.1) is 0 Å². The molecule has 1 fully saturated rings. The molecule has 20 heavy (non-hydrogen) atoms. The normalized spacial score (nSPS) is 18.2. The summed E-state index contributed by atoms with van der Waals surface area (Å²) in [7, 11) is 0. The fourth-order valence-corrected chi connectivity index (χ4v) is 2.61. The van der Waals surface area contributed by atoms with Gasteiger partial charge in [-0.3, -0.25) is 0 Å². The van der Waals surface area contributed by atoms with Crippen LogP contribution < -0.4 is 10.2 Å². The van der Waals surface area contributed by atoms with Gasteiger partial charge in [-0.2, -0.15) is 0 Å². The molecule has 0 radical (unpaired) electrons. The molecule has 0 amide bonds. The van der Waals surface area contributed by atoms with Crippen molar-refractivity contribution in [3.63, 3.8) is 0 Å². The molecular weight excluding hydrogens is 252 g/mol. The first-order valence-electron chi connectivity index (χ1n) is 7.58. The maximum atomic E-state index is 9.54. The Balaban J connectivity index is 1.89. The van der Waals surface area contributed by atoms with E-state index in [-0.39, 0.29) is 12.7 Å². The molecule has 0 spiro atoms. The Morgan fingerprint density at radius 2 is 1.90 bits per heavy atom. The molecule has 1 aliphatic rings. The minimum Gasteiger partial charge on any atom is -0.396 e. The molecule has 0 aromatic heterocycles. The molecule has 4 nitrogen and oxygen atoms in total. The highest BCUT2D eigenvalue weighted by molar-refractivity contribution is 5.48. The van der Waals surface area contributed by atoms with Crippen LogP contribution in [0.5, 0.6) is 0 Å². The third-order valence-corrected chi connectivity index (χ3v) is 4.01. The van der Waals surface area contributed by atoms with Crippen molar-refractivity contribution < 1.29 is 10.2 Å². The molecular formula is C16H26N2O2. The van der Waals surface area contributed by atoms with Gasteiger partial charge < -0.3 is 20.4 Å². The van der Waals surface area contributed by atoms with Crippen LogP contribution >= 0.6 is 0 Å². The van der Waals surface area contributed by atoms with Crippen molar-refractivity contribution in [2.75, 3.05) is 31.1 Å². The summed E-state index contributed by atoms with van der Waals surface area (Å²) in [5.74, 6) is 0. The fourth-order valence-electron chi connectivity index (χ4n) is 2.61. The van der Waals surface area contributed by atoms with Gasteiger partial charge in [-0.25, -0.2) is 0 Å². The van der Waals surface area contributed by atoms with Gasteiger partial charge in [-0.05, 0) is 50.4 Å². The maximum Gasteiger partial charge on any atom is 0.0574 e. The number of aliphatic hydroxyl groups is 2. The molecule has 0 saturated carbocycles. The summed E-state index contributed by atoms with van der Waals surface area (Å²) in [6, 6.07) is 8.96. The highest BCUT2D eigenvalue weighted by Crippen LogP contribution is 2.22. The minimum absolute atomic E-state index is 0.124. The summed E-state index contributed by atoms with van der Waals surface area (Å²) >= 11 is 0. The summed E-state index contributed by atoms with van der Waals surface area (Å²) in [5, 5.41) is 21.7. The summed E-state index contributed by atoms with van der Waals surface area (Å²) in [6.45, 7) is 5.09. The van der Waals surface area contributed by atoms with Gasteiger partial charge in [0.25, 0.3) is 0 Å². The molecule has 0 aliphatic carbocycles. The molecule has 4 heteroatoms. The van der Waals surface area contributed by atoms with Gasteiger partial charge in [0.2, 0.25) is 0 Å². The number of benzene rings is 1. The van der Waals surface area contributed by atoms with E-state index in [2.05, 4.69) is 41.4 Å². The van der Waals surface area contributed by atoms with Gasteiger partial charge in [0.05, 0.1) is 6.10 Å². The van der Waals surface area contributed by atoms with E-state index in [1.54, 1.807) is 0 Å². The van der Waals surface area contributed by atoms with E-state index in [4.69, 9.17) is 5.11 Å². The number of rotatable bonds is 6. The number of piperidine rings is 1. The second-order valence-corrected chi connectivity index (χ2v) is 5.56. The van der Waals surface area contributed by atoms with E-state index in [1.807, 2.05) is 0 Å². The fraction of sp³-hybridized carbons (Fsp3) is 0.625. The maximum absolute atomic E-state index is 9.54. The minimum atomic E-state index is -0.124. The van der Waals surface area contributed by atoms with E-state index in [0.717, 1.165) is 38.9 Å². The Hall–Kier alpha value is -1.10. The van der Waals surface area contributed by atoms with Crippen LogP contribution in [0.15, 0.2) is 24.3 Å². The van der Waals surface area contributed by atoms with E-state index in [9.17, 15) is 5.11 Å². The van der Waals surface area contributed by atoms with Crippen molar-refractivity contribution >= 4 is 5.69 Å². The Morgan fingerprint density at radius 1 is 1.25 bits per heavy atom. The first-order chi connectivity index (χ1) is 9.70.